The molecule has 0 fully saturated rings. The molecule has 0 aliphatic rings. The summed E-state index contributed by atoms with van der Waals surface area (Å²) in [7, 11) is 0. The molecule has 3 rings (SSSR count). The molecule has 2 heterocycles. The van der Waals surface area contributed by atoms with Crippen LogP contribution >= 0.6 is 0 Å². The number of rotatable bonds is 4. The van der Waals surface area contributed by atoms with Gasteiger partial charge in [-0.2, -0.15) is 0 Å². The lowest BCUT2D eigenvalue weighted by atomic mass is 10.3. The van der Waals surface area contributed by atoms with E-state index in [1.165, 1.54) is 4.68 Å². The normalized spacial score (nSPS) is 10.5. The topological polar surface area (TPSA) is 82.8 Å². The molecule has 0 atom stereocenters. The number of aromatic nitrogens is 5. The van der Waals surface area contributed by atoms with Crippen molar-refractivity contribution in [3.05, 3.63) is 55.0 Å². The smallest absolute Gasteiger partial charge is 0.330 e. The lowest BCUT2D eigenvalue weighted by molar-refractivity contribution is -0.139. The number of carbonyl (C=O) groups is 1. The molecule has 0 saturated heterocycles. The Kier molecular flexibility index (Phi) is 3.38. The summed E-state index contributed by atoms with van der Waals surface area (Å²) in [5.41, 5.74) is 2.09. The molecule has 0 aliphatic carbocycles. The SMILES string of the molecule is C=CC(=O)OCc1cn(-c2cnc3ccccc3n2)nn1. The molecule has 0 N–H and O–H groups in total. The fourth-order valence-electron chi connectivity index (χ4n) is 1.74. The molecule has 0 bridgehead atoms. The van der Waals surface area contributed by atoms with Crippen molar-refractivity contribution in [1.29, 1.82) is 0 Å². The van der Waals surface area contributed by atoms with Gasteiger partial charge in [0, 0.05) is 6.08 Å². The number of esters is 1. The van der Waals surface area contributed by atoms with Gasteiger partial charge in [0.15, 0.2) is 5.82 Å². The molecule has 0 radical (unpaired) electrons. The van der Waals surface area contributed by atoms with Gasteiger partial charge >= 0.3 is 5.97 Å². The van der Waals surface area contributed by atoms with Crippen LogP contribution in [0.2, 0.25) is 0 Å². The number of benzene rings is 1. The minimum atomic E-state index is -0.505. The molecule has 0 aliphatic heterocycles. The number of carbonyl (C=O) groups excluding carboxylic acids is 1. The van der Waals surface area contributed by atoms with Gasteiger partial charge in [-0.1, -0.05) is 23.9 Å². The van der Waals surface area contributed by atoms with Gasteiger partial charge in [-0.25, -0.2) is 14.5 Å². The zero-order valence-electron chi connectivity index (χ0n) is 11.0. The first-order valence-corrected chi connectivity index (χ1v) is 6.19. The maximum atomic E-state index is 11.0. The molecule has 2 aromatic heterocycles. The van der Waals surface area contributed by atoms with Gasteiger partial charge in [-0.05, 0) is 12.1 Å². The minimum Gasteiger partial charge on any atom is -0.456 e. The minimum absolute atomic E-state index is 0.0336. The summed E-state index contributed by atoms with van der Waals surface area (Å²) in [6.07, 6.45) is 4.34. The molecule has 7 nitrogen and oxygen atoms in total. The predicted molar refractivity (Wildman–Crippen MR) is 74.4 cm³/mol. The fraction of sp³-hybridized carbons (Fsp3) is 0.0714. The highest BCUT2D eigenvalue weighted by Gasteiger charge is 2.07. The van der Waals surface area contributed by atoms with Gasteiger partial charge in [0.25, 0.3) is 0 Å². The van der Waals surface area contributed by atoms with E-state index < -0.39 is 5.97 Å². The first-order valence-electron chi connectivity index (χ1n) is 6.19. The first kappa shape index (κ1) is 12.9. The van der Waals surface area contributed by atoms with Gasteiger partial charge in [0.05, 0.1) is 23.4 Å². The summed E-state index contributed by atoms with van der Waals surface area (Å²) in [5.74, 6) is 0.0394. The van der Waals surface area contributed by atoms with Gasteiger partial charge < -0.3 is 4.74 Å². The maximum Gasteiger partial charge on any atom is 0.330 e. The monoisotopic (exact) mass is 281 g/mol. The van der Waals surface area contributed by atoms with E-state index >= 15 is 0 Å². The lowest BCUT2D eigenvalue weighted by Gasteiger charge is -2.00. The highest BCUT2D eigenvalue weighted by atomic mass is 16.5. The third-order valence-corrected chi connectivity index (χ3v) is 2.74. The van der Waals surface area contributed by atoms with Gasteiger partial charge in [0.2, 0.25) is 0 Å². The summed E-state index contributed by atoms with van der Waals surface area (Å²) in [5, 5.41) is 7.86. The summed E-state index contributed by atoms with van der Waals surface area (Å²) in [6.45, 7) is 3.35. The van der Waals surface area contributed by atoms with E-state index in [2.05, 4.69) is 26.9 Å². The van der Waals surface area contributed by atoms with Crippen molar-refractivity contribution in [3.8, 4) is 5.82 Å². The fourth-order valence-corrected chi connectivity index (χ4v) is 1.74. The summed E-state index contributed by atoms with van der Waals surface area (Å²) >= 11 is 0. The van der Waals surface area contributed by atoms with E-state index in [-0.39, 0.29) is 6.61 Å². The molecular weight excluding hydrogens is 270 g/mol. The lowest BCUT2D eigenvalue weighted by Crippen LogP contribution is -2.00. The van der Waals surface area contributed by atoms with Crippen LogP contribution in [0.3, 0.4) is 0 Å². The third kappa shape index (κ3) is 2.76. The molecule has 0 saturated carbocycles. The van der Waals surface area contributed by atoms with Crippen molar-refractivity contribution < 1.29 is 9.53 Å². The van der Waals surface area contributed by atoms with Crippen LogP contribution in [0.4, 0.5) is 0 Å². The quantitative estimate of drug-likeness (QED) is 0.531. The van der Waals surface area contributed by atoms with Gasteiger partial charge in [0.1, 0.15) is 12.3 Å². The average Bonchev–Trinajstić information content (AvgIpc) is 3.01. The number of hydrogen-bond acceptors (Lipinski definition) is 6. The largest absolute Gasteiger partial charge is 0.456 e. The molecule has 0 amide bonds. The second-order valence-electron chi connectivity index (χ2n) is 4.18. The molecule has 7 heteroatoms. The van der Waals surface area contributed by atoms with Crippen LogP contribution in [0, 0.1) is 0 Å². The number of nitrogens with zero attached hydrogens (tertiary/aromatic N) is 5. The van der Waals surface area contributed by atoms with E-state index in [1.54, 1.807) is 12.4 Å². The number of hydrogen-bond donors (Lipinski definition) is 0. The average molecular weight is 281 g/mol. The Bertz CT molecular complexity index is 812. The molecule has 21 heavy (non-hydrogen) atoms. The zero-order valence-corrected chi connectivity index (χ0v) is 11.0. The third-order valence-electron chi connectivity index (χ3n) is 2.74. The van der Waals surface area contributed by atoms with Crippen LogP contribution in [-0.4, -0.2) is 30.9 Å². The van der Waals surface area contributed by atoms with Crippen LogP contribution in [-0.2, 0) is 16.1 Å². The van der Waals surface area contributed by atoms with Gasteiger partial charge in [-0.3, -0.25) is 4.98 Å². The maximum absolute atomic E-state index is 11.0. The summed E-state index contributed by atoms with van der Waals surface area (Å²) in [4.78, 5) is 19.7. The number of fused-ring (bicyclic) bond motifs is 1. The van der Waals surface area contributed by atoms with Crippen molar-refractivity contribution >= 4 is 17.0 Å². The van der Waals surface area contributed by atoms with E-state index in [0.29, 0.717) is 11.5 Å². The molecule has 0 spiro atoms. The Hall–Kier alpha value is -3.09. The standard InChI is InChI=1S/C14H11N5O2/c1-2-14(20)21-9-10-8-19(18-17-10)13-7-15-11-5-3-4-6-12(11)16-13/h2-8H,1,9H2. The molecule has 1 aromatic carbocycles. The summed E-state index contributed by atoms with van der Waals surface area (Å²) < 4.78 is 6.37. The molecule has 3 aromatic rings. The Morgan fingerprint density at radius 2 is 2.14 bits per heavy atom. The van der Waals surface area contributed by atoms with Crippen molar-refractivity contribution in [2.24, 2.45) is 0 Å². The number of para-hydroxylation sites is 2. The first-order chi connectivity index (χ1) is 10.3. The zero-order chi connectivity index (χ0) is 14.7. The van der Waals surface area contributed by atoms with Crippen molar-refractivity contribution in [3.63, 3.8) is 0 Å². The summed E-state index contributed by atoms with van der Waals surface area (Å²) in [6, 6.07) is 7.55. The molecule has 104 valence electrons. The Morgan fingerprint density at radius 1 is 1.33 bits per heavy atom. The van der Waals surface area contributed by atoms with Crippen LogP contribution in [0.15, 0.2) is 49.3 Å². The highest BCUT2D eigenvalue weighted by Crippen LogP contribution is 2.11. The van der Waals surface area contributed by atoms with E-state index in [0.717, 1.165) is 17.1 Å². The van der Waals surface area contributed by atoms with Crippen LogP contribution in [0.25, 0.3) is 16.9 Å². The van der Waals surface area contributed by atoms with Crippen molar-refractivity contribution in [2.45, 2.75) is 6.61 Å². The predicted octanol–water partition coefficient (Wildman–Crippen LogP) is 1.44. The number of ether oxygens (including phenoxy) is 1. The second-order valence-corrected chi connectivity index (χ2v) is 4.18. The van der Waals surface area contributed by atoms with Crippen LogP contribution < -0.4 is 0 Å². The van der Waals surface area contributed by atoms with Crippen molar-refractivity contribution in [1.82, 2.24) is 25.0 Å². The Labute approximate surface area is 119 Å². The van der Waals surface area contributed by atoms with Crippen LogP contribution in [0.1, 0.15) is 5.69 Å². The van der Waals surface area contributed by atoms with Gasteiger partial charge in [-0.15, -0.1) is 5.10 Å². The highest BCUT2D eigenvalue weighted by molar-refractivity contribution is 5.81. The van der Waals surface area contributed by atoms with E-state index in [1.807, 2.05) is 24.3 Å². The second kappa shape index (κ2) is 5.49. The Balaban J connectivity index is 1.84. The van der Waals surface area contributed by atoms with Crippen molar-refractivity contribution in [2.75, 3.05) is 0 Å². The molecular formula is C14H11N5O2. The molecule has 0 unspecified atom stereocenters. The Morgan fingerprint density at radius 3 is 2.95 bits per heavy atom. The van der Waals surface area contributed by atoms with E-state index in [4.69, 9.17) is 4.74 Å². The van der Waals surface area contributed by atoms with E-state index in [9.17, 15) is 4.79 Å². The van der Waals surface area contributed by atoms with Crippen LogP contribution in [0.5, 0.6) is 0 Å².